The Morgan fingerprint density at radius 1 is 0.723 bits per heavy atom. The van der Waals surface area contributed by atoms with E-state index >= 15 is 0 Å². The van der Waals surface area contributed by atoms with Crippen LogP contribution >= 0.6 is 7.82 Å². The Hall–Kier alpha value is -2.06. The zero-order chi connectivity index (χ0) is 34.7. The molecule has 0 radical (unpaired) electrons. The number of hydrogen-bond acceptors (Lipinski definition) is 6. The third-order valence-electron chi connectivity index (χ3n) is 7.32. The molecule has 0 aliphatic rings. The van der Waals surface area contributed by atoms with Crippen molar-refractivity contribution in [2.24, 2.45) is 5.73 Å². The van der Waals surface area contributed by atoms with Crippen molar-refractivity contribution in [3.63, 3.8) is 0 Å². The van der Waals surface area contributed by atoms with Gasteiger partial charge in [-0.3, -0.25) is 13.8 Å². The molecule has 8 nitrogen and oxygen atoms in total. The fourth-order valence-electron chi connectivity index (χ4n) is 4.61. The standard InChI is InChI=1S/C38H67N2O6P/c1-3-5-7-9-11-13-15-17-18-20-22-24-26-28-30-32-38(42)40-36(35-46-47(43,44)45-34-33-39)37(41)31-29-27-25-23-21-19-16-14-12-10-8-6-4-2/h5,7,11,13,17-18,22,24,28-31,36-37,41H,3-4,6,8-10,12,14-16,19-21,23,25-27,32-35,39H2,1-2H3,(H,40,42)(H,43,44)/b7-5-,13-11-,18-17-,24-22-,30-28-,31-29+. The summed E-state index contributed by atoms with van der Waals surface area (Å²) in [5.74, 6) is -0.325. The SMILES string of the molecule is CC/C=C\C/C=C\C/C=C\C/C=C\C/C=C\CC(=O)NC(COP(=O)(O)OCCN)C(O)/C=C/CCCCCCCCCCCCC. The van der Waals surface area contributed by atoms with Crippen molar-refractivity contribution in [2.75, 3.05) is 19.8 Å². The van der Waals surface area contributed by atoms with E-state index in [9.17, 15) is 19.4 Å². The third-order valence-corrected chi connectivity index (χ3v) is 8.30. The highest BCUT2D eigenvalue weighted by Crippen LogP contribution is 2.43. The number of nitrogens with one attached hydrogen (secondary N) is 1. The van der Waals surface area contributed by atoms with Gasteiger partial charge in [-0.1, -0.05) is 151 Å². The largest absolute Gasteiger partial charge is 0.472 e. The summed E-state index contributed by atoms with van der Waals surface area (Å²) in [4.78, 5) is 22.5. The van der Waals surface area contributed by atoms with Crippen LogP contribution in [0.4, 0.5) is 0 Å². The molecule has 0 aromatic heterocycles. The van der Waals surface area contributed by atoms with Gasteiger partial charge in [0.1, 0.15) is 0 Å². The first-order valence-corrected chi connectivity index (χ1v) is 19.6. The summed E-state index contributed by atoms with van der Waals surface area (Å²) >= 11 is 0. The van der Waals surface area contributed by atoms with Gasteiger partial charge in [-0.05, 0) is 44.9 Å². The number of rotatable bonds is 32. The predicted octanol–water partition coefficient (Wildman–Crippen LogP) is 9.32. The molecule has 0 saturated carbocycles. The first-order chi connectivity index (χ1) is 22.9. The molecule has 0 aliphatic carbocycles. The lowest BCUT2D eigenvalue weighted by atomic mass is 10.0. The van der Waals surface area contributed by atoms with Crippen LogP contribution in [0, 0.1) is 0 Å². The quantitative estimate of drug-likeness (QED) is 0.0317. The van der Waals surface area contributed by atoms with E-state index in [0.29, 0.717) is 6.42 Å². The number of carbonyl (C=O) groups is 1. The maximum absolute atomic E-state index is 12.6. The molecule has 0 rings (SSSR count). The van der Waals surface area contributed by atoms with E-state index in [2.05, 4.69) is 61.7 Å². The van der Waals surface area contributed by atoms with Crippen LogP contribution in [0.1, 0.15) is 129 Å². The van der Waals surface area contributed by atoms with Gasteiger partial charge in [0.25, 0.3) is 0 Å². The molecule has 0 bridgehead atoms. The lowest BCUT2D eigenvalue weighted by Crippen LogP contribution is -2.45. The summed E-state index contributed by atoms with van der Waals surface area (Å²) in [5.41, 5.74) is 5.34. The minimum atomic E-state index is -4.36. The zero-order valence-corrected chi connectivity index (χ0v) is 30.4. The lowest BCUT2D eigenvalue weighted by Gasteiger charge is -2.23. The molecule has 3 unspecified atom stereocenters. The molecular weight excluding hydrogens is 611 g/mol. The van der Waals surface area contributed by atoms with Crippen LogP contribution in [0.25, 0.3) is 0 Å². The molecule has 47 heavy (non-hydrogen) atoms. The molecule has 0 saturated heterocycles. The van der Waals surface area contributed by atoms with Gasteiger partial charge in [-0.25, -0.2) is 4.57 Å². The van der Waals surface area contributed by atoms with Gasteiger partial charge >= 0.3 is 7.82 Å². The minimum Gasteiger partial charge on any atom is -0.387 e. The molecule has 0 fully saturated rings. The molecule has 0 aromatic rings. The Labute approximate surface area is 287 Å². The smallest absolute Gasteiger partial charge is 0.387 e. The van der Waals surface area contributed by atoms with Crippen molar-refractivity contribution >= 4 is 13.7 Å². The molecule has 9 heteroatoms. The predicted molar refractivity (Wildman–Crippen MR) is 198 cm³/mol. The molecule has 5 N–H and O–H groups in total. The number of hydrogen-bond donors (Lipinski definition) is 4. The molecular formula is C38H67N2O6P. The van der Waals surface area contributed by atoms with E-state index < -0.39 is 20.0 Å². The van der Waals surface area contributed by atoms with Crippen molar-refractivity contribution in [1.29, 1.82) is 0 Å². The van der Waals surface area contributed by atoms with Crippen LogP contribution in [-0.4, -0.2) is 47.8 Å². The second-order valence-electron chi connectivity index (χ2n) is 11.7. The maximum atomic E-state index is 12.6. The molecule has 0 aromatic carbocycles. The Morgan fingerprint density at radius 3 is 1.72 bits per heavy atom. The van der Waals surface area contributed by atoms with E-state index in [1.54, 1.807) is 12.2 Å². The third kappa shape index (κ3) is 32.3. The van der Waals surface area contributed by atoms with Crippen LogP contribution in [0.3, 0.4) is 0 Å². The number of nitrogens with two attached hydrogens (primary N) is 1. The summed E-state index contributed by atoms with van der Waals surface area (Å²) in [7, 11) is -4.36. The maximum Gasteiger partial charge on any atom is 0.472 e. The highest BCUT2D eigenvalue weighted by Gasteiger charge is 2.26. The van der Waals surface area contributed by atoms with E-state index in [1.165, 1.54) is 57.8 Å². The Morgan fingerprint density at radius 2 is 1.21 bits per heavy atom. The topological polar surface area (TPSA) is 131 Å². The normalized spacial score (nSPS) is 15.3. The summed E-state index contributed by atoms with van der Waals surface area (Å²) in [6, 6.07) is -0.916. The van der Waals surface area contributed by atoms with Crippen LogP contribution < -0.4 is 11.1 Å². The number of phosphoric acid groups is 1. The number of amides is 1. The number of phosphoric ester groups is 1. The summed E-state index contributed by atoms with van der Waals surface area (Å²) in [6.45, 7) is 3.90. The molecule has 0 spiro atoms. The minimum absolute atomic E-state index is 0.0612. The van der Waals surface area contributed by atoms with Crippen molar-refractivity contribution in [1.82, 2.24) is 5.32 Å². The molecule has 0 aliphatic heterocycles. The monoisotopic (exact) mass is 678 g/mol. The van der Waals surface area contributed by atoms with Crippen molar-refractivity contribution in [3.05, 3.63) is 72.9 Å². The number of allylic oxidation sites excluding steroid dienone is 10. The molecule has 0 heterocycles. The van der Waals surface area contributed by atoms with E-state index in [-0.39, 0.29) is 32.1 Å². The fraction of sp³-hybridized carbons (Fsp3) is 0.658. The van der Waals surface area contributed by atoms with Crippen LogP contribution in [0.2, 0.25) is 0 Å². The Bertz CT molecular complexity index is 960. The van der Waals surface area contributed by atoms with Crippen molar-refractivity contribution in [3.8, 4) is 0 Å². The zero-order valence-electron chi connectivity index (χ0n) is 29.5. The van der Waals surface area contributed by atoms with Crippen LogP contribution in [0.5, 0.6) is 0 Å². The second kappa shape index (κ2) is 33.8. The lowest BCUT2D eigenvalue weighted by molar-refractivity contribution is -0.122. The van der Waals surface area contributed by atoms with Gasteiger partial charge in [0, 0.05) is 13.0 Å². The van der Waals surface area contributed by atoms with Gasteiger partial charge in [0.15, 0.2) is 0 Å². The molecule has 1 amide bonds. The fourth-order valence-corrected chi connectivity index (χ4v) is 5.37. The van der Waals surface area contributed by atoms with Crippen LogP contribution in [0.15, 0.2) is 72.9 Å². The first kappa shape index (κ1) is 44.9. The van der Waals surface area contributed by atoms with Gasteiger partial charge in [-0.2, -0.15) is 0 Å². The van der Waals surface area contributed by atoms with E-state index in [4.69, 9.17) is 14.8 Å². The number of unbranched alkanes of at least 4 members (excludes halogenated alkanes) is 11. The Kier molecular flexibility index (Phi) is 32.3. The van der Waals surface area contributed by atoms with Gasteiger partial charge in [0.2, 0.25) is 5.91 Å². The highest BCUT2D eigenvalue weighted by molar-refractivity contribution is 7.47. The molecule has 3 atom stereocenters. The first-order valence-electron chi connectivity index (χ1n) is 18.1. The summed E-state index contributed by atoms with van der Waals surface area (Å²) < 4.78 is 21.9. The number of aliphatic hydroxyl groups excluding tert-OH is 1. The number of aliphatic hydroxyl groups is 1. The average molecular weight is 679 g/mol. The van der Waals surface area contributed by atoms with E-state index in [1.807, 2.05) is 18.2 Å². The summed E-state index contributed by atoms with van der Waals surface area (Å²) in [6.07, 6.45) is 42.6. The van der Waals surface area contributed by atoms with Crippen molar-refractivity contribution in [2.45, 2.75) is 142 Å². The van der Waals surface area contributed by atoms with E-state index in [0.717, 1.165) is 44.9 Å². The average Bonchev–Trinajstić information content (AvgIpc) is 3.05. The van der Waals surface area contributed by atoms with Gasteiger partial charge in [0.05, 0.1) is 25.4 Å². The second-order valence-corrected chi connectivity index (χ2v) is 13.2. The number of carbonyl (C=O) groups excluding carboxylic acids is 1. The molecule has 270 valence electrons. The summed E-state index contributed by atoms with van der Waals surface area (Å²) in [5, 5.41) is 13.5. The Balaban J connectivity index is 4.54. The van der Waals surface area contributed by atoms with Crippen molar-refractivity contribution < 1.29 is 28.4 Å². The van der Waals surface area contributed by atoms with Crippen LogP contribution in [-0.2, 0) is 18.4 Å². The van der Waals surface area contributed by atoms with Gasteiger partial charge < -0.3 is 21.1 Å². The van der Waals surface area contributed by atoms with Gasteiger partial charge in [-0.15, -0.1) is 0 Å². The highest BCUT2D eigenvalue weighted by atomic mass is 31.2.